The second kappa shape index (κ2) is 4.65. The molecule has 0 N–H and O–H groups in total. The lowest BCUT2D eigenvalue weighted by Crippen LogP contribution is -1.78. The molecule has 0 saturated heterocycles. The molecule has 20 heavy (non-hydrogen) atoms. The third-order valence-corrected chi connectivity index (χ3v) is 5.13. The average Bonchev–Trinajstić information content (AvgIpc) is 3.05. The van der Waals surface area contributed by atoms with E-state index in [2.05, 4.69) is 47.2 Å². The second-order valence-corrected chi connectivity index (χ2v) is 6.47. The molecule has 2 heterocycles. The molecule has 0 bridgehead atoms. The number of imidazole rings is 1. The minimum Gasteiger partial charge on any atom is -0.290 e. The molecule has 0 amide bonds. The molecule has 0 unspecified atom stereocenters. The summed E-state index contributed by atoms with van der Waals surface area (Å²) in [6.45, 7) is 0. The van der Waals surface area contributed by atoms with Gasteiger partial charge in [0, 0.05) is 16.7 Å². The molecular formula is C16H12N2S2. The molecule has 4 aromatic rings. The Hall–Kier alpha value is -1.78. The molecule has 2 nitrogen and oxygen atoms in total. The van der Waals surface area contributed by atoms with Crippen LogP contribution in [0.4, 0.5) is 0 Å². The van der Waals surface area contributed by atoms with Crippen LogP contribution in [0.5, 0.6) is 0 Å². The lowest BCUT2D eigenvalue weighted by molar-refractivity contribution is 1.28. The predicted octanol–water partition coefficient (Wildman–Crippen LogP) is 4.94. The lowest BCUT2D eigenvalue weighted by atomic mass is 10.2. The highest BCUT2D eigenvalue weighted by Crippen LogP contribution is 2.31. The van der Waals surface area contributed by atoms with E-state index < -0.39 is 0 Å². The van der Waals surface area contributed by atoms with Gasteiger partial charge in [0.1, 0.15) is 0 Å². The maximum absolute atomic E-state index is 4.75. The van der Waals surface area contributed by atoms with Crippen LogP contribution in [0.3, 0.4) is 0 Å². The van der Waals surface area contributed by atoms with Crippen molar-refractivity contribution in [1.82, 2.24) is 9.38 Å². The first-order chi connectivity index (χ1) is 9.85. The number of rotatable bonds is 2. The summed E-state index contributed by atoms with van der Waals surface area (Å²) in [5.41, 5.74) is 3.44. The van der Waals surface area contributed by atoms with E-state index in [0.29, 0.717) is 0 Å². The first-order valence-electron chi connectivity index (χ1n) is 6.36. The van der Waals surface area contributed by atoms with E-state index in [1.165, 1.54) is 15.1 Å². The van der Waals surface area contributed by atoms with E-state index >= 15 is 0 Å². The lowest BCUT2D eigenvalue weighted by Gasteiger charge is -1.97. The van der Waals surface area contributed by atoms with Crippen molar-refractivity contribution >= 4 is 38.3 Å². The molecule has 0 fully saturated rings. The predicted molar refractivity (Wildman–Crippen MR) is 87.8 cm³/mol. The fraction of sp³-hybridized carbons (Fsp3) is 0.0625. The van der Waals surface area contributed by atoms with Crippen LogP contribution < -0.4 is 0 Å². The summed E-state index contributed by atoms with van der Waals surface area (Å²) in [6.07, 6.45) is 4.24. The van der Waals surface area contributed by atoms with Crippen molar-refractivity contribution in [3.05, 3.63) is 54.7 Å². The first-order valence-corrected chi connectivity index (χ1v) is 8.40. The maximum atomic E-state index is 4.75. The van der Waals surface area contributed by atoms with Gasteiger partial charge in [0.05, 0.1) is 15.9 Å². The maximum Gasteiger partial charge on any atom is 0.195 e. The molecule has 0 atom stereocenters. The minimum atomic E-state index is 1.04. The van der Waals surface area contributed by atoms with Crippen LogP contribution in [0.15, 0.2) is 59.6 Å². The Morgan fingerprint density at radius 1 is 1.10 bits per heavy atom. The smallest absolute Gasteiger partial charge is 0.195 e. The summed E-state index contributed by atoms with van der Waals surface area (Å²) >= 11 is 3.51. The molecular weight excluding hydrogens is 284 g/mol. The van der Waals surface area contributed by atoms with Gasteiger partial charge in [0.15, 0.2) is 4.96 Å². The van der Waals surface area contributed by atoms with Crippen LogP contribution >= 0.6 is 23.1 Å². The van der Waals surface area contributed by atoms with Crippen molar-refractivity contribution in [2.24, 2.45) is 0 Å². The number of fused-ring (bicyclic) bond motifs is 3. The first kappa shape index (κ1) is 12.0. The van der Waals surface area contributed by atoms with Crippen LogP contribution in [0.25, 0.3) is 26.4 Å². The summed E-state index contributed by atoms with van der Waals surface area (Å²) < 4.78 is 3.48. The van der Waals surface area contributed by atoms with Crippen LogP contribution in [0.1, 0.15) is 0 Å². The topological polar surface area (TPSA) is 17.3 Å². The Balaban J connectivity index is 1.96. The molecule has 4 heteroatoms. The third-order valence-electron chi connectivity index (χ3n) is 3.37. The average molecular weight is 296 g/mol. The van der Waals surface area contributed by atoms with E-state index in [1.807, 2.05) is 18.2 Å². The van der Waals surface area contributed by atoms with Crippen molar-refractivity contribution in [2.75, 3.05) is 6.26 Å². The van der Waals surface area contributed by atoms with Gasteiger partial charge < -0.3 is 0 Å². The van der Waals surface area contributed by atoms with E-state index in [1.54, 1.807) is 23.1 Å². The Morgan fingerprint density at radius 3 is 2.75 bits per heavy atom. The third kappa shape index (κ3) is 1.84. The Labute approximate surface area is 125 Å². The number of aromatic nitrogens is 2. The zero-order chi connectivity index (χ0) is 13.5. The van der Waals surface area contributed by atoms with Gasteiger partial charge in [-0.3, -0.25) is 4.40 Å². The molecule has 0 aliphatic rings. The highest BCUT2D eigenvalue weighted by molar-refractivity contribution is 7.98. The van der Waals surface area contributed by atoms with Gasteiger partial charge in [0.25, 0.3) is 0 Å². The Kier molecular flexibility index (Phi) is 2.79. The van der Waals surface area contributed by atoms with Crippen LogP contribution in [-0.2, 0) is 0 Å². The molecule has 0 aliphatic heterocycles. The second-order valence-electron chi connectivity index (χ2n) is 4.58. The number of nitrogens with zero attached hydrogens (tertiary/aromatic N) is 2. The van der Waals surface area contributed by atoms with Crippen molar-refractivity contribution < 1.29 is 0 Å². The largest absolute Gasteiger partial charge is 0.290 e. The van der Waals surface area contributed by atoms with E-state index in [0.717, 1.165) is 16.2 Å². The highest BCUT2D eigenvalue weighted by Gasteiger charge is 2.10. The number of hydrogen-bond donors (Lipinski definition) is 0. The molecule has 2 aromatic heterocycles. The monoisotopic (exact) mass is 296 g/mol. The standard InChI is InChI=1S/C16H12N2S2/c1-19-12-7-8-15-14(9-12)18-10-13(17-16(18)20-15)11-5-3-2-4-6-11/h2-10H,1H3. The van der Waals surface area contributed by atoms with Crippen LogP contribution in [0.2, 0.25) is 0 Å². The van der Waals surface area contributed by atoms with Crippen molar-refractivity contribution in [3.8, 4) is 11.3 Å². The number of hydrogen-bond acceptors (Lipinski definition) is 3. The summed E-state index contributed by atoms with van der Waals surface area (Å²) in [5.74, 6) is 0. The van der Waals surface area contributed by atoms with Gasteiger partial charge in [-0.15, -0.1) is 11.8 Å². The van der Waals surface area contributed by atoms with Crippen LogP contribution in [-0.4, -0.2) is 15.6 Å². The number of thioether (sulfide) groups is 1. The van der Waals surface area contributed by atoms with Crippen molar-refractivity contribution in [2.45, 2.75) is 4.90 Å². The van der Waals surface area contributed by atoms with E-state index in [4.69, 9.17) is 4.98 Å². The van der Waals surface area contributed by atoms with Crippen molar-refractivity contribution in [3.63, 3.8) is 0 Å². The molecule has 0 radical (unpaired) electrons. The molecule has 4 rings (SSSR count). The highest BCUT2D eigenvalue weighted by atomic mass is 32.2. The van der Waals surface area contributed by atoms with Gasteiger partial charge >= 0.3 is 0 Å². The Bertz CT molecular complexity index is 891. The quantitative estimate of drug-likeness (QED) is 0.488. The summed E-state index contributed by atoms with van der Waals surface area (Å²) in [6, 6.07) is 16.9. The summed E-state index contributed by atoms with van der Waals surface area (Å²) in [4.78, 5) is 7.09. The SMILES string of the molecule is CSc1ccc2sc3nc(-c4ccccc4)cn3c2c1. The molecule has 0 saturated carbocycles. The molecule has 98 valence electrons. The fourth-order valence-electron chi connectivity index (χ4n) is 2.35. The van der Waals surface area contributed by atoms with E-state index in [9.17, 15) is 0 Å². The van der Waals surface area contributed by atoms with Gasteiger partial charge in [-0.1, -0.05) is 41.7 Å². The van der Waals surface area contributed by atoms with Gasteiger partial charge in [0.2, 0.25) is 0 Å². The number of thiazole rings is 1. The molecule has 0 spiro atoms. The number of benzene rings is 2. The Morgan fingerprint density at radius 2 is 1.95 bits per heavy atom. The molecule has 0 aliphatic carbocycles. The fourth-order valence-corrected chi connectivity index (χ4v) is 3.77. The normalized spacial score (nSPS) is 11.4. The zero-order valence-electron chi connectivity index (χ0n) is 10.9. The summed E-state index contributed by atoms with van der Waals surface area (Å²) in [7, 11) is 0. The van der Waals surface area contributed by atoms with Crippen molar-refractivity contribution in [1.29, 1.82) is 0 Å². The zero-order valence-corrected chi connectivity index (χ0v) is 12.5. The summed E-state index contributed by atoms with van der Waals surface area (Å²) in [5, 5.41) is 0. The van der Waals surface area contributed by atoms with Gasteiger partial charge in [-0.2, -0.15) is 0 Å². The van der Waals surface area contributed by atoms with Gasteiger partial charge in [-0.25, -0.2) is 4.98 Å². The minimum absolute atomic E-state index is 1.04. The van der Waals surface area contributed by atoms with Crippen LogP contribution in [0, 0.1) is 0 Å². The molecule has 2 aromatic carbocycles. The van der Waals surface area contributed by atoms with Gasteiger partial charge in [-0.05, 0) is 24.5 Å². The van der Waals surface area contributed by atoms with E-state index in [-0.39, 0.29) is 0 Å².